The lowest BCUT2D eigenvalue weighted by atomic mass is 9.80. The van der Waals surface area contributed by atoms with Crippen LogP contribution in [0.25, 0.3) is 0 Å². The average molecular weight is 205 g/mol. The van der Waals surface area contributed by atoms with Gasteiger partial charge in [0.15, 0.2) is 0 Å². The summed E-state index contributed by atoms with van der Waals surface area (Å²) in [7, 11) is 0. The number of hydrogen-bond donors (Lipinski definition) is 2. The van der Waals surface area contributed by atoms with Crippen LogP contribution < -0.4 is 5.32 Å². The third-order valence-corrected chi connectivity index (χ3v) is 3.54. The Labute approximate surface area is 91.3 Å². The topological polar surface area (TPSA) is 32.3 Å². The van der Waals surface area contributed by atoms with Crippen LogP contribution in [0, 0.1) is 11.8 Å². The van der Waals surface area contributed by atoms with Crippen molar-refractivity contribution in [2.75, 3.05) is 13.2 Å². The predicted molar refractivity (Wildman–Crippen MR) is 61.5 cm³/mol. The molecule has 1 fully saturated rings. The summed E-state index contributed by atoms with van der Waals surface area (Å²) in [5.74, 6) is 0.947. The van der Waals surface area contributed by atoms with Crippen molar-refractivity contribution in [1.82, 2.24) is 5.32 Å². The van der Waals surface area contributed by atoms with Gasteiger partial charge in [0.25, 0.3) is 0 Å². The van der Waals surface area contributed by atoms with Gasteiger partial charge in [-0.1, -0.05) is 37.3 Å². The molecule has 0 spiro atoms. The van der Waals surface area contributed by atoms with Crippen molar-refractivity contribution >= 4 is 0 Å². The number of hydrogen-bond acceptors (Lipinski definition) is 2. The molecule has 0 aliphatic carbocycles. The van der Waals surface area contributed by atoms with E-state index in [1.54, 1.807) is 0 Å². The summed E-state index contributed by atoms with van der Waals surface area (Å²) in [6.45, 7) is 3.55. The van der Waals surface area contributed by atoms with Crippen LogP contribution in [-0.4, -0.2) is 18.3 Å². The molecule has 1 saturated heterocycles. The van der Waals surface area contributed by atoms with Crippen molar-refractivity contribution in [3.63, 3.8) is 0 Å². The third kappa shape index (κ3) is 2.21. The van der Waals surface area contributed by atoms with Crippen LogP contribution in [0.5, 0.6) is 0 Å². The molecule has 0 amide bonds. The van der Waals surface area contributed by atoms with Gasteiger partial charge in [0.2, 0.25) is 0 Å². The van der Waals surface area contributed by atoms with E-state index in [2.05, 4.69) is 36.5 Å². The van der Waals surface area contributed by atoms with Crippen molar-refractivity contribution < 1.29 is 5.11 Å². The van der Waals surface area contributed by atoms with Gasteiger partial charge < -0.3 is 10.4 Å². The fourth-order valence-electron chi connectivity index (χ4n) is 2.48. The van der Waals surface area contributed by atoms with E-state index in [-0.39, 0.29) is 0 Å². The minimum absolute atomic E-state index is 0.312. The maximum atomic E-state index is 9.30. The predicted octanol–water partition coefficient (Wildman–Crippen LogP) is 1.97. The highest BCUT2D eigenvalue weighted by Gasteiger charge is 2.29. The Morgan fingerprint density at radius 2 is 2.07 bits per heavy atom. The highest BCUT2D eigenvalue weighted by molar-refractivity contribution is 5.20. The molecule has 1 heterocycles. The molecule has 1 aromatic rings. The minimum Gasteiger partial charge on any atom is -0.396 e. The van der Waals surface area contributed by atoms with Crippen molar-refractivity contribution in [2.45, 2.75) is 19.4 Å². The maximum Gasteiger partial charge on any atom is 0.0462 e. The van der Waals surface area contributed by atoms with Gasteiger partial charge in [0, 0.05) is 12.6 Å². The molecular weight excluding hydrogens is 186 g/mol. The first-order valence-corrected chi connectivity index (χ1v) is 5.72. The summed E-state index contributed by atoms with van der Waals surface area (Å²) in [6.07, 6.45) is 1.08. The van der Waals surface area contributed by atoms with E-state index in [1.807, 2.05) is 6.07 Å². The molecular formula is C13H19NO. The zero-order valence-corrected chi connectivity index (χ0v) is 9.19. The zero-order valence-electron chi connectivity index (χ0n) is 9.19. The zero-order chi connectivity index (χ0) is 10.7. The summed E-state index contributed by atoms with van der Waals surface area (Å²) in [5, 5.41) is 12.8. The van der Waals surface area contributed by atoms with Crippen LogP contribution in [0.3, 0.4) is 0 Å². The van der Waals surface area contributed by atoms with E-state index in [0.29, 0.717) is 24.5 Å². The lowest BCUT2D eigenvalue weighted by Gasteiger charge is -2.36. The van der Waals surface area contributed by atoms with Crippen LogP contribution in [0.1, 0.15) is 24.9 Å². The number of nitrogens with one attached hydrogen (secondary N) is 1. The molecule has 1 aliphatic rings. The molecule has 1 aromatic carbocycles. The van der Waals surface area contributed by atoms with Crippen LogP contribution in [0.2, 0.25) is 0 Å². The molecule has 2 rings (SSSR count). The van der Waals surface area contributed by atoms with Crippen molar-refractivity contribution in [3.05, 3.63) is 35.9 Å². The largest absolute Gasteiger partial charge is 0.396 e. The Balaban J connectivity index is 2.15. The van der Waals surface area contributed by atoms with Gasteiger partial charge in [-0.3, -0.25) is 0 Å². The van der Waals surface area contributed by atoms with Gasteiger partial charge in [-0.2, -0.15) is 0 Å². The lowest BCUT2D eigenvalue weighted by molar-refractivity contribution is 0.122. The van der Waals surface area contributed by atoms with E-state index in [9.17, 15) is 5.11 Å². The van der Waals surface area contributed by atoms with E-state index in [4.69, 9.17) is 0 Å². The van der Waals surface area contributed by atoms with Gasteiger partial charge in [-0.25, -0.2) is 0 Å². The highest BCUT2D eigenvalue weighted by Crippen LogP contribution is 2.32. The quantitative estimate of drug-likeness (QED) is 0.773. The summed E-state index contributed by atoms with van der Waals surface area (Å²) in [5.41, 5.74) is 1.34. The summed E-state index contributed by atoms with van der Waals surface area (Å²) >= 11 is 0. The first-order chi connectivity index (χ1) is 7.33. The maximum absolute atomic E-state index is 9.30. The van der Waals surface area contributed by atoms with Gasteiger partial charge in [-0.15, -0.1) is 0 Å². The van der Waals surface area contributed by atoms with Gasteiger partial charge in [-0.05, 0) is 30.4 Å². The summed E-state index contributed by atoms with van der Waals surface area (Å²) in [4.78, 5) is 0. The number of piperidine rings is 1. The number of rotatable bonds is 2. The SMILES string of the molecule is CC1C(CO)CCNC1c1ccccc1. The first kappa shape index (κ1) is 10.7. The Morgan fingerprint density at radius 3 is 2.73 bits per heavy atom. The van der Waals surface area contributed by atoms with Gasteiger partial charge in [0.05, 0.1) is 0 Å². The molecule has 3 atom stereocenters. The Morgan fingerprint density at radius 1 is 1.33 bits per heavy atom. The Bertz CT molecular complexity index is 299. The summed E-state index contributed by atoms with van der Waals surface area (Å²) in [6, 6.07) is 10.9. The molecule has 1 aliphatic heterocycles. The second-order valence-corrected chi connectivity index (χ2v) is 4.43. The van der Waals surface area contributed by atoms with Crippen molar-refractivity contribution in [2.24, 2.45) is 11.8 Å². The lowest BCUT2D eigenvalue weighted by Crippen LogP contribution is -2.39. The molecule has 3 unspecified atom stereocenters. The van der Waals surface area contributed by atoms with Crippen molar-refractivity contribution in [1.29, 1.82) is 0 Å². The fraction of sp³-hybridized carbons (Fsp3) is 0.538. The number of aliphatic hydroxyl groups excluding tert-OH is 1. The summed E-state index contributed by atoms with van der Waals surface area (Å²) < 4.78 is 0. The van der Waals surface area contributed by atoms with Gasteiger partial charge in [0.1, 0.15) is 0 Å². The van der Waals surface area contributed by atoms with Crippen LogP contribution in [0.4, 0.5) is 0 Å². The molecule has 0 bridgehead atoms. The van der Waals surface area contributed by atoms with Gasteiger partial charge >= 0.3 is 0 Å². The molecule has 0 aromatic heterocycles. The fourth-order valence-corrected chi connectivity index (χ4v) is 2.48. The number of aliphatic hydroxyl groups is 1. The Hall–Kier alpha value is -0.860. The van der Waals surface area contributed by atoms with E-state index in [1.165, 1.54) is 5.56 Å². The Kier molecular flexibility index (Phi) is 3.39. The highest BCUT2D eigenvalue weighted by atomic mass is 16.3. The van der Waals surface area contributed by atoms with Crippen LogP contribution in [-0.2, 0) is 0 Å². The molecule has 0 saturated carbocycles. The molecule has 15 heavy (non-hydrogen) atoms. The molecule has 2 nitrogen and oxygen atoms in total. The second kappa shape index (κ2) is 4.77. The van der Waals surface area contributed by atoms with E-state index < -0.39 is 0 Å². The first-order valence-electron chi connectivity index (χ1n) is 5.72. The van der Waals surface area contributed by atoms with Crippen LogP contribution >= 0.6 is 0 Å². The van der Waals surface area contributed by atoms with Crippen LogP contribution in [0.15, 0.2) is 30.3 Å². The molecule has 82 valence electrons. The third-order valence-electron chi connectivity index (χ3n) is 3.54. The average Bonchev–Trinajstić information content (AvgIpc) is 2.30. The second-order valence-electron chi connectivity index (χ2n) is 4.43. The normalized spacial score (nSPS) is 31.5. The minimum atomic E-state index is 0.312. The molecule has 2 N–H and O–H groups in total. The molecule has 2 heteroatoms. The smallest absolute Gasteiger partial charge is 0.0462 e. The van der Waals surface area contributed by atoms with Crippen molar-refractivity contribution in [3.8, 4) is 0 Å². The van der Waals surface area contributed by atoms with E-state index >= 15 is 0 Å². The standard InChI is InChI=1S/C13H19NO/c1-10-12(9-15)7-8-14-13(10)11-5-3-2-4-6-11/h2-6,10,12-15H,7-9H2,1H3. The number of benzene rings is 1. The van der Waals surface area contributed by atoms with E-state index in [0.717, 1.165) is 13.0 Å². The monoisotopic (exact) mass is 205 g/mol. The molecule has 0 radical (unpaired) electrons.